The minimum Gasteiger partial charge on any atom is -0.331 e. The van der Waals surface area contributed by atoms with Crippen LogP contribution in [0.2, 0.25) is 0 Å². The van der Waals surface area contributed by atoms with Gasteiger partial charge in [0.2, 0.25) is 0 Å². The Balaban J connectivity index is 2.09. The molecule has 0 unspecified atom stereocenters. The highest BCUT2D eigenvalue weighted by atomic mass is 16.2. The minimum atomic E-state index is -0.352. The summed E-state index contributed by atoms with van der Waals surface area (Å²) in [5.74, 6) is 0.754. The Hall–Kier alpha value is -2.12. The molecule has 0 aromatic carbocycles. The molecule has 3 heterocycles. The number of nitrogens with one attached hydrogen (secondary N) is 1. The second-order valence-corrected chi connectivity index (χ2v) is 5.40. The first-order valence-electron chi connectivity index (χ1n) is 6.91. The van der Waals surface area contributed by atoms with Gasteiger partial charge in [-0.1, -0.05) is 12.2 Å². The van der Waals surface area contributed by atoms with Gasteiger partial charge < -0.3 is 4.90 Å². The van der Waals surface area contributed by atoms with Crippen LogP contribution in [0.1, 0.15) is 5.56 Å². The Kier molecular flexibility index (Phi) is 3.52. The van der Waals surface area contributed by atoms with E-state index in [0.717, 1.165) is 5.82 Å². The normalized spacial score (nSPS) is 18.4. The minimum absolute atomic E-state index is 0.290. The van der Waals surface area contributed by atoms with Crippen molar-refractivity contribution in [1.29, 1.82) is 0 Å². The molecule has 1 aromatic rings. The molecular weight excluding hydrogens is 270 g/mol. The number of aromatic nitrogens is 2. The van der Waals surface area contributed by atoms with Crippen LogP contribution in [0.15, 0.2) is 34.9 Å². The van der Waals surface area contributed by atoms with E-state index in [4.69, 9.17) is 0 Å². The van der Waals surface area contributed by atoms with Crippen molar-refractivity contribution in [3.8, 4) is 0 Å². The lowest BCUT2D eigenvalue weighted by Gasteiger charge is -2.44. The van der Waals surface area contributed by atoms with Crippen molar-refractivity contribution in [2.45, 2.75) is 13.2 Å². The highest BCUT2D eigenvalue weighted by molar-refractivity contribution is 5.49. The van der Waals surface area contributed by atoms with Gasteiger partial charge in [0.05, 0.1) is 25.6 Å². The third-order valence-corrected chi connectivity index (χ3v) is 3.80. The maximum atomic E-state index is 12.1. The summed E-state index contributed by atoms with van der Waals surface area (Å²) in [7, 11) is 0. The monoisotopic (exact) mass is 289 g/mol. The molecule has 2 aliphatic heterocycles. The zero-order valence-electron chi connectivity index (χ0n) is 11.9. The van der Waals surface area contributed by atoms with Crippen molar-refractivity contribution in [2.24, 2.45) is 0 Å². The summed E-state index contributed by atoms with van der Waals surface area (Å²) in [4.78, 5) is 32.9. The molecule has 1 aromatic heterocycles. The van der Waals surface area contributed by atoms with Crippen LogP contribution < -0.4 is 16.1 Å². The zero-order valence-corrected chi connectivity index (χ0v) is 11.9. The Morgan fingerprint density at radius 1 is 1.05 bits per heavy atom. The fourth-order valence-corrected chi connectivity index (χ4v) is 3.02. The van der Waals surface area contributed by atoms with Crippen molar-refractivity contribution in [3.63, 3.8) is 0 Å². The Labute approximate surface area is 122 Å². The van der Waals surface area contributed by atoms with Gasteiger partial charge in [0.15, 0.2) is 0 Å². The molecule has 21 heavy (non-hydrogen) atoms. The average Bonchev–Trinajstić information content (AvgIpc) is 2.44. The molecule has 0 saturated heterocycles. The van der Waals surface area contributed by atoms with E-state index in [1.165, 1.54) is 0 Å². The number of anilines is 1. The largest absolute Gasteiger partial charge is 0.331 e. The van der Waals surface area contributed by atoms with Gasteiger partial charge in [0, 0.05) is 19.6 Å². The second kappa shape index (κ2) is 5.34. The van der Waals surface area contributed by atoms with Crippen LogP contribution in [-0.4, -0.2) is 45.8 Å². The van der Waals surface area contributed by atoms with Crippen molar-refractivity contribution >= 4 is 5.82 Å². The summed E-state index contributed by atoms with van der Waals surface area (Å²) >= 11 is 0. The first kappa shape index (κ1) is 13.8. The van der Waals surface area contributed by atoms with Gasteiger partial charge in [0.25, 0.3) is 5.56 Å². The molecule has 0 saturated carbocycles. The number of hydrogen-bond acceptors (Lipinski definition) is 5. The van der Waals surface area contributed by atoms with Gasteiger partial charge in [-0.25, -0.2) is 4.79 Å². The van der Waals surface area contributed by atoms with Gasteiger partial charge in [-0.3, -0.25) is 24.1 Å². The number of nitrogens with zero attached hydrogens (tertiary/aromatic N) is 4. The first-order valence-corrected chi connectivity index (χ1v) is 6.91. The van der Waals surface area contributed by atoms with Gasteiger partial charge in [-0.05, 0) is 0 Å². The van der Waals surface area contributed by atoms with E-state index in [0.29, 0.717) is 45.2 Å². The molecule has 7 heteroatoms. The van der Waals surface area contributed by atoms with Crippen molar-refractivity contribution in [3.05, 3.63) is 51.7 Å². The SMILES string of the molecule is C=CCN1Cc2c3n(c(=O)[nH]c2=O)CN(CC=C)CN3C1. The third-order valence-electron chi connectivity index (χ3n) is 3.80. The molecule has 0 amide bonds. The lowest BCUT2D eigenvalue weighted by molar-refractivity contribution is 0.172. The van der Waals surface area contributed by atoms with E-state index in [1.54, 1.807) is 4.57 Å². The number of aromatic amines is 1. The van der Waals surface area contributed by atoms with E-state index in [1.807, 2.05) is 12.2 Å². The topological polar surface area (TPSA) is 64.6 Å². The van der Waals surface area contributed by atoms with Crippen molar-refractivity contribution < 1.29 is 0 Å². The molecule has 0 bridgehead atoms. The molecule has 0 radical (unpaired) electrons. The summed E-state index contributed by atoms with van der Waals surface area (Å²) in [5, 5.41) is 0. The van der Waals surface area contributed by atoms with E-state index < -0.39 is 0 Å². The maximum Gasteiger partial charge on any atom is 0.331 e. The zero-order chi connectivity index (χ0) is 15.0. The second-order valence-electron chi connectivity index (χ2n) is 5.40. The molecule has 3 rings (SSSR count). The predicted molar refractivity (Wildman–Crippen MR) is 81.0 cm³/mol. The quantitative estimate of drug-likeness (QED) is 0.772. The molecule has 2 aliphatic rings. The number of hydrogen-bond donors (Lipinski definition) is 1. The summed E-state index contributed by atoms with van der Waals surface area (Å²) in [6, 6.07) is 0. The number of rotatable bonds is 4. The van der Waals surface area contributed by atoms with E-state index in [2.05, 4.69) is 32.8 Å². The highest BCUT2D eigenvalue weighted by Gasteiger charge is 2.32. The Morgan fingerprint density at radius 3 is 2.43 bits per heavy atom. The highest BCUT2D eigenvalue weighted by Crippen LogP contribution is 2.26. The van der Waals surface area contributed by atoms with Gasteiger partial charge in [-0.2, -0.15) is 0 Å². The molecule has 0 fully saturated rings. The van der Waals surface area contributed by atoms with Crippen molar-refractivity contribution in [1.82, 2.24) is 19.4 Å². The molecular formula is C14H19N5O2. The summed E-state index contributed by atoms with van der Waals surface area (Å²) in [6.07, 6.45) is 3.63. The Morgan fingerprint density at radius 2 is 1.71 bits per heavy atom. The molecule has 7 nitrogen and oxygen atoms in total. The molecule has 112 valence electrons. The van der Waals surface area contributed by atoms with Crippen LogP contribution >= 0.6 is 0 Å². The van der Waals surface area contributed by atoms with Crippen LogP contribution in [-0.2, 0) is 13.2 Å². The summed E-state index contributed by atoms with van der Waals surface area (Å²) < 4.78 is 1.63. The lowest BCUT2D eigenvalue weighted by atomic mass is 10.2. The van der Waals surface area contributed by atoms with Gasteiger partial charge in [0.1, 0.15) is 5.82 Å². The third kappa shape index (κ3) is 2.34. The van der Waals surface area contributed by atoms with Gasteiger partial charge in [-0.15, -0.1) is 13.2 Å². The molecule has 0 atom stereocenters. The molecule has 1 N–H and O–H groups in total. The molecule has 0 spiro atoms. The van der Waals surface area contributed by atoms with Gasteiger partial charge >= 0.3 is 5.69 Å². The lowest BCUT2D eigenvalue weighted by Crippen LogP contribution is -2.56. The fourth-order valence-electron chi connectivity index (χ4n) is 3.02. The van der Waals surface area contributed by atoms with E-state index in [-0.39, 0.29) is 11.2 Å². The van der Waals surface area contributed by atoms with Crippen LogP contribution in [0, 0.1) is 0 Å². The van der Waals surface area contributed by atoms with Crippen LogP contribution in [0.25, 0.3) is 0 Å². The smallest absolute Gasteiger partial charge is 0.331 e. The van der Waals surface area contributed by atoms with Crippen molar-refractivity contribution in [2.75, 3.05) is 31.3 Å². The summed E-state index contributed by atoms with van der Waals surface area (Å²) in [5.41, 5.74) is 0.0119. The van der Waals surface area contributed by atoms with Crippen LogP contribution in [0.3, 0.4) is 0 Å². The Bertz CT molecular complexity index is 635. The standard InChI is InChI=1S/C14H19N5O2/c1-3-5-16-7-11-12(20)15-14(21)19-10-17(6-4-2)9-18(8-16)13(11)19/h3-4H,1-2,5-10H2,(H,15,20,21). The number of H-pyrrole nitrogens is 1. The van der Waals surface area contributed by atoms with E-state index in [9.17, 15) is 9.59 Å². The predicted octanol–water partition coefficient (Wildman–Crippen LogP) is -0.281. The first-order chi connectivity index (χ1) is 10.1. The fraction of sp³-hybridized carbons (Fsp3) is 0.429. The molecule has 0 aliphatic carbocycles. The van der Waals surface area contributed by atoms with Crippen LogP contribution in [0.4, 0.5) is 5.82 Å². The average molecular weight is 289 g/mol. The van der Waals surface area contributed by atoms with E-state index >= 15 is 0 Å². The van der Waals surface area contributed by atoms with Crippen LogP contribution in [0.5, 0.6) is 0 Å². The summed E-state index contributed by atoms with van der Waals surface area (Å²) in [6.45, 7) is 11.3. The maximum absolute atomic E-state index is 12.1.